The van der Waals surface area contributed by atoms with E-state index in [1.54, 1.807) is 16.8 Å². The molecule has 3 N–H and O–H groups in total. The van der Waals surface area contributed by atoms with Gasteiger partial charge in [0.05, 0.1) is 30.1 Å². The number of benzene rings is 2. The third-order valence-electron chi connectivity index (χ3n) is 6.42. The Kier molecular flexibility index (Phi) is 6.14. The number of nitrogens with zero attached hydrogens (tertiary/aromatic N) is 3. The molecule has 0 atom stereocenters. The third-order valence-corrected chi connectivity index (χ3v) is 6.42. The van der Waals surface area contributed by atoms with E-state index in [2.05, 4.69) is 15.0 Å². The Morgan fingerprint density at radius 3 is 2.91 bits per heavy atom. The van der Waals surface area contributed by atoms with Crippen LogP contribution in [0.15, 0.2) is 45.9 Å². The van der Waals surface area contributed by atoms with Gasteiger partial charge in [-0.05, 0) is 36.6 Å². The summed E-state index contributed by atoms with van der Waals surface area (Å²) in [4.78, 5) is 28.4. The van der Waals surface area contributed by atoms with E-state index in [-0.39, 0.29) is 5.97 Å². The lowest BCUT2D eigenvalue weighted by atomic mass is 9.96. The molecule has 182 valence electrons. The molecule has 1 aliphatic heterocycles. The maximum atomic E-state index is 11.8. The van der Waals surface area contributed by atoms with E-state index in [0.717, 1.165) is 41.9 Å². The molecule has 3 heterocycles. The van der Waals surface area contributed by atoms with Gasteiger partial charge in [0, 0.05) is 49.6 Å². The maximum Gasteiger partial charge on any atom is 0.417 e. The summed E-state index contributed by atoms with van der Waals surface area (Å²) in [6.45, 7) is 5.18. The molecule has 4 aromatic rings. The SMILES string of the molecule is COc1cc(-n2cc(CN(CCN)CCc3ccc4c(c3C)COC4=O)cn2)cc2[nH]c(=O)oc12. The van der Waals surface area contributed by atoms with Gasteiger partial charge in [-0.15, -0.1) is 0 Å². The normalized spacial score (nSPS) is 13.0. The van der Waals surface area contributed by atoms with E-state index in [1.165, 1.54) is 12.7 Å². The standard InChI is InChI=1S/C25H27N5O5/c1-15-17(3-4-19-20(15)14-34-24(19)31)5-7-29(8-6-26)12-16-11-27-30(13-16)18-9-21-23(22(10-18)33-2)35-25(32)28-21/h3-4,9-11,13H,5-8,12,14,26H2,1-2H3,(H,28,32). The maximum absolute atomic E-state index is 11.8. The highest BCUT2D eigenvalue weighted by Crippen LogP contribution is 2.28. The third kappa shape index (κ3) is 4.45. The summed E-state index contributed by atoms with van der Waals surface area (Å²) in [5, 5.41) is 4.50. The molecular weight excluding hydrogens is 450 g/mol. The minimum atomic E-state index is -0.535. The molecule has 0 spiro atoms. The minimum absolute atomic E-state index is 0.243. The molecule has 0 fully saturated rings. The van der Waals surface area contributed by atoms with Crippen LogP contribution in [0.25, 0.3) is 16.8 Å². The van der Waals surface area contributed by atoms with Gasteiger partial charge >= 0.3 is 11.7 Å². The predicted octanol–water partition coefficient (Wildman–Crippen LogP) is 2.30. The molecule has 10 heteroatoms. The number of aromatic nitrogens is 3. The fourth-order valence-corrected chi connectivity index (χ4v) is 4.54. The number of methoxy groups -OCH3 is 1. The molecule has 2 aromatic heterocycles. The van der Waals surface area contributed by atoms with Crippen LogP contribution in [0.2, 0.25) is 0 Å². The number of aromatic amines is 1. The number of nitrogens with one attached hydrogen (secondary N) is 1. The predicted molar refractivity (Wildman–Crippen MR) is 129 cm³/mol. The number of H-pyrrole nitrogens is 1. The van der Waals surface area contributed by atoms with Crippen molar-refractivity contribution in [1.82, 2.24) is 19.7 Å². The van der Waals surface area contributed by atoms with Crippen molar-refractivity contribution in [3.05, 3.63) is 75.0 Å². The highest BCUT2D eigenvalue weighted by molar-refractivity contribution is 5.93. The van der Waals surface area contributed by atoms with Gasteiger partial charge in [-0.3, -0.25) is 9.88 Å². The second-order valence-electron chi connectivity index (χ2n) is 8.60. The van der Waals surface area contributed by atoms with Gasteiger partial charge in [-0.25, -0.2) is 14.3 Å². The highest BCUT2D eigenvalue weighted by atomic mass is 16.5. The van der Waals surface area contributed by atoms with Crippen LogP contribution in [-0.4, -0.2) is 52.4 Å². The number of nitrogens with two attached hydrogens (primary N) is 1. The van der Waals surface area contributed by atoms with Crippen molar-refractivity contribution in [3.8, 4) is 11.4 Å². The van der Waals surface area contributed by atoms with E-state index >= 15 is 0 Å². The zero-order chi connectivity index (χ0) is 24.5. The Hall–Kier alpha value is -3.89. The molecule has 0 unspecified atom stereocenters. The van der Waals surface area contributed by atoms with Crippen molar-refractivity contribution in [2.24, 2.45) is 5.73 Å². The summed E-state index contributed by atoms with van der Waals surface area (Å²) in [6, 6.07) is 7.45. The lowest BCUT2D eigenvalue weighted by Gasteiger charge is -2.21. The first-order valence-electron chi connectivity index (χ1n) is 11.4. The van der Waals surface area contributed by atoms with E-state index in [1.807, 2.05) is 31.5 Å². The Balaban J connectivity index is 1.31. The molecule has 10 nitrogen and oxygen atoms in total. The first kappa shape index (κ1) is 22.9. The highest BCUT2D eigenvalue weighted by Gasteiger charge is 2.24. The second kappa shape index (κ2) is 9.40. The number of carbonyl (C=O) groups excluding carboxylic acids is 1. The van der Waals surface area contributed by atoms with Gasteiger partial charge in [0.2, 0.25) is 0 Å². The average molecular weight is 478 g/mol. The molecule has 1 aliphatic rings. The summed E-state index contributed by atoms with van der Waals surface area (Å²) < 4.78 is 17.5. The molecule has 0 aliphatic carbocycles. The monoisotopic (exact) mass is 477 g/mol. The quantitative estimate of drug-likeness (QED) is 0.352. The van der Waals surface area contributed by atoms with Crippen LogP contribution < -0.4 is 16.2 Å². The van der Waals surface area contributed by atoms with Crippen LogP contribution in [0.3, 0.4) is 0 Å². The fourth-order valence-electron chi connectivity index (χ4n) is 4.54. The van der Waals surface area contributed by atoms with Crippen molar-refractivity contribution >= 4 is 17.1 Å². The lowest BCUT2D eigenvalue weighted by Crippen LogP contribution is -2.31. The largest absolute Gasteiger partial charge is 0.493 e. The van der Waals surface area contributed by atoms with Crippen LogP contribution in [0, 0.1) is 6.92 Å². The number of esters is 1. The fraction of sp³-hybridized carbons (Fsp3) is 0.320. The van der Waals surface area contributed by atoms with Gasteiger partial charge in [0.15, 0.2) is 11.3 Å². The zero-order valence-corrected chi connectivity index (χ0v) is 19.7. The van der Waals surface area contributed by atoms with Crippen molar-refractivity contribution in [2.45, 2.75) is 26.5 Å². The topological polar surface area (TPSA) is 129 Å². The van der Waals surface area contributed by atoms with Crippen LogP contribution in [0.5, 0.6) is 5.75 Å². The van der Waals surface area contributed by atoms with Crippen LogP contribution in [0.1, 0.15) is 32.6 Å². The summed E-state index contributed by atoms with van der Waals surface area (Å²) in [7, 11) is 1.53. The lowest BCUT2D eigenvalue weighted by molar-refractivity contribution is 0.0535. The zero-order valence-electron chi connectivity index (χ0n) is 19.7. The first-order valence-corrected chi connectivity index (χ1v) is 11.4. The summed E-state index contributed by atoms with van der Waals surface area (Å²) in [5.41, 5.74) is 12.6. The Bertz CT molecular complexity index is 1450. The summed E-state index contributed by atoms with van der Waals surface area (Å²) in [6.07, 6.45) is 4.61. The smallest absolute Gasteiger partial charge is 0.417 e. The van der Waals surface area contributed by atoms with E-state index in [4.69, 9.17) is 19.6 Å². The molecule has 0 amide bonds. The number of hydrogen-bond donors (Lipinski definition) is 2. The number of fused-ring (bicyclic) bond motifs is 2. The van der Waals surface area contributed by atoms with E-state index < -0.39 is 5.76 Å². The van der Waals surface area contributed by atoms with Gasteiger partial charge in [0.1, 0.15) is 6.61 Å². The molecular formula is C25H27N5O5. The number of cyclic esters (lactones) is 1. The van der Waals surface area contributed by atoms with Crippen molar-refractivity contribution in [3.63, 3.8) is 0 Å². The number of carbonyl (C=O) groups is 1. The van der Waals surface area contributed by atoms with Gasteiger partial charge in [-0.2, -0.15) is 5.10 Å². The van der Waals surface area contributed by atoms with Crippen molar-refractivity contribution in [1.29, 1.82) is 0 Å². The molecule has 5 rings (SSSR count). The molecule has 0 saturated carbocycles. The van der Waals surface area contributed by atoms with Gasteiger partial charge in [-0.1, -0.05) is 6.07 Å². The Morgan fingerprint density at radius 1 is 1.26 bits per heavy atom. The Labute approximate surface area is 201 Å². The average Bonchev–Trinajstić information content (AvgIpc) is 3.56. The minimum Gasteiger partial charge on any atom is -0.493 e. The van der Waals surface area contributed by atoms with Crippen molar-refractivity contribution < 1.29 is 18.7 Å². The molecule has 35 heavy (non-hydrogen) atoms. The van der Waals surface area contributed by atoms with E-state index in [9.17, 15) is 9.59 Å². The molecule has 0 radical (unpaired) electrons. The molecule has 0 bridgehead atoms. The second-order valence-corrected chi connectivity index (χ2v) is 8.60. The van der Waals surface area contributed by atoms with E-state index in [0.29, 0.717) is 42.1 Å². The van der Waals surface area contributed by atoms with Crippen molar-refractivity contribution in [2.75, 3.05) is 26.7 Å². The molecule has 2 aromatic carbocycles. The molecule has 0 saturated heterocycles. The number of oxazole rings is 1. The Morgan fingerprint density at radius 2 is 2.11 bits per heavy atom. The van der Waals surface area contributed by atoms with Crippen LogP contribution in [-0.2, 0) is 24.3 Å². The van der Waals surface area contributed by atoms with Gasteiger partial charge in [0.25, 0.3) is 0 Å². The number of hydrogen-bond acceptors (Lipinski definition) is 8. The summed E-state index contributed by atoms with van der Waals surface area (Å²) in [5.74, 6) is -0.325. The van der Waals surface area contributed by atoms with Crippen LogP contribution in [0.4, 0.5) is 0 Å². The van der Waals surface area contributed by atoms with Crippen LogP contribution >= 0.6 is 0 Å². The number of rotatable bonds is 9. The number of ether oxygens (including phenoxy) is 2. The summed E-state index contributed by atoms with van der Waals surface area (Å²) >= 11 is 0. The van der Waals surface area contributed by atoms with Gasteiger partial charge < -0.3 is 19.6 Å². The first-order chi connectivity index (χ1) is 17.0.